The maximum Gasteiger partial charge on any atom is 0.254 e. The van der Waals surface area contributed by atoms with Gasteiger partial charge in [-0.25, -0.2) is 0 Å². The molecule has 0 saturated heterocycles. The number of amides is 1. The predicted molar refractivity (Wildman–Crippen MR) is 124 cm³/mol. The molecule has 6 heteroatoms. The standard InChI is InChI=1S/C25H19Cl2N3O/c26-20-9-10-21(22(27)13-20)24-14-23(28-29-24)17-5-7-18(8-6-17)25(31)30-12-11-16-3-1-2-4-19(16)15-30/h1-10,13-14H,11-12,15H2,(H,28,29). The summed E-state index contributed by atoms with van der Waals surface area (Å²) in [4.78, 5) is 14.9. The fourth-order valence-corrected chi connectivity index (χ4v) is 4.46. The Labute approximate surface area is 190 Å². The van der Waals surface area contributed by atoms with Crippen molar-refractivity contribution in [2.45, 2.75) is 13.0 Å². The average Bonchev–Trinajstić information content (AvgIpc) is 3.28. The van der Waals surface area contributed by atoms with Crippen LogP contribution in [0.1, 0.15) is 21.5 Å². The number of nitrogens with one attached hydrogen (secondary N) is 1. The van der Waals surface area contributed by atoms with Gasteiger partial charge in [0.2, 0.25) is 0 Å². The lowest BCUT2D eigenvalue weighted by molar-refractivity contribution is 0.0734. The number of benzene rings is 3. The van der Waals surface area contributed by atoms with Crippen LogP contribution in [0.4, 0.5) is 0 Å². The van der Waals surface area contributed by atoms with Crippen molar-refractivity contribution in [2.24, 2.45) is 0 Å². The molecule has 1 amide bonds. The number of carbonyl (C=O) groups is 1. The first-order valence-electron chi connectivity index (χ1n) is 10.1. The molecule has 4 nitrogen and oxygen atoms in total. The lowest BCUT2D eigenvalue weighted by Crippen LogP contribution is -2.35. The van der Waals surface area contributed by atoms with Crippen LogP contribution < -0.4 is 0 Å². The van der Waals surface area contributed by atoms with Crippen LogP contribution in [-0.4, -0.2) is 27.5 Å². The smallest absolute Gasteiger partial charge is 0.254 e. The molecule has 0 atom stereocenters. The van der Waals surface area contributed by atoms with Crippen molar-refractivity contribution >= 4 is 29.1 Å². The Hall–Kier alpha value is -3.08. The van der Waals surface area contributed by atoms with Crippen LogP contribution in [0.15, 0.2) is 72.8 Å². The van der Waals surface area contributed by atoms with Gasteiger partial charge in [0.1, 0.15) is 0 Å². The number of carbonyl (C=O) groups excluding carboxylic acids is 1. The van der Waals surface area contributed by atoms with E-state index in [0.717, 1.165) is 35.5 Å². The highest BCUT2D eigenvalue weighted by Gasteiger charge is 2.21. The maximum atomic E-state index is 13.0. The first-order valence-corrected chi connectivity index (χ1v) is 10.8. The van der Waals surface area contributed by atoms with E-state index < -0.39 is 0 Å². The van der Waals surface area contributed by atoms with E-state index in [-0.39, 0.29) is 5.91 Å². The fourth-order valence-electron chi connectivity index (χ4n) is 3.95. The molecule has 0 unspecified atom stereocenters. The number of aromatic amines is 1. The molecule has 1 aromatic heterocycles. The molecule has 0 aliphatic carbocycles. The number of hydrogen-bond donors (Lipinski definition) is 1. The summed E-state index contributed by atoms with van der Waals surface area (Å²) in [6, 6.07) is 23.2. The highest BCUT2D eigenvalue weighted by Crippen LogP contribution is 2.31. The Morgan fingerprint density at radius 2 is 1.71 bits per heavy atom. The molecule has 0 bridgehead atoms. The van der Waals surface area contributed by atoms with Gasteiger partial charge < -0.3 is 4.90 Å². The summed E-state index contributed by atoms with van der Waals surface area (Å²) in [5, 5.41) is 8.58. The van der Waals surface area contributed by atoms with Crippen LogP contribution >= 0.6 is 23.2 Å². The molecule has 1 aliphatic rings. The summed E-state index contributed by atoms with van der Waals surface area (Å²) in [6.07, 6.45) is 0.892. The van der Waals surface area contributed by atoms with E-state index >= 15 is 0 Å². The molecule has 0 fully saturated rings. The summed E-state index contributed by atoms with van der Waals surface area (Å²) >= 11 is 12.3. The van der Waals surface area contributed by atoms with Crippen LogP contribution in [0.5, 0.6) is 0 Å². The van der Waals surface area contributed by atoms with Gasteiger partial charge in [0.15, 0.2) is 0 Å². The van der Waals surface area contributed by atoms with Gasteiger partial charge in [-0.05, 0) is 53.9 Å². The largest absolute Gasteiger partial charge is 0.334 e. The van der Waals surface area contributed by atoms with Crippen molar-refractivity contribution in [1.82, 2.24) is 15.1 Å². The zero-order valence-corrected chi connectivity index (χ0v) is 18.1. The Balaban J connectivity index is 1.34. The maximum absolute atomic E-state index is 13.0. The number of hydrogen-bond acceptors (Lipinski definition) is 2. The molecule has 4 aromatic rings. The third-order valence-electron chi connectivity index (χ3n) is 5.64. The van der Waals surface area contributed by atoms with Crippen molar-refractivity contribution in [3.8, 4) is 22.5 Å². The van der Waals surface area contributed by atoms with Crippen LogP contribution in [0.25, 0.3) is 22.5 Å². The molecule has 5 rings (SSSR count). The van der Waals surface area contributed by atoms with Gasteiger partial charge in [0.05, 0.1) is 16.4 Å². The van der Waals surface area contributed by atoms with Crippen molar-refractivity contribution in [2.75, 3.05) is 6.54 Å². The van der Waals surface area contributed by atoms with Gasteiger partial charge in [-0.15, -0.1) is 0 Å². The van der Waals surface area contributed by atoms with Crippen LogP contribution in [-0.2, 0) is 13.0 Å². The van der Waals surface area contributed by atoms with Gasteiger partial charge in [0.25, 0.3) is 5.91 Å². The van der Waals surface area contributed by atoms with Crippen LogP contribution in [0.2, 0.25) is 10.0 Å². The highest BCUT2D eigenvalue weighted by molar-refractivity contribution is 6.36. The van der Waals surface area contributed by atoms with Crippen LogP contribution in [0, 0.1) is 0 Å². The van der Waals surface area contributed by atoms with Crippen molar-refractivity contribution in [3.63, 3.8) is 0 Å². The second-order valence-electron chi connectivity index (χ2n) is 7.61. The third kappa shape index (κ3) is 3.97. The monoisotopic (exact) mass is 447 g/mol. The molecule has 31 heavy (non-hydrogen) atoms. The molecule has 2 heterocycles. The Morgan fingerprint density at radius 3 is 2.48 bits per heavy atom. The number of H-pyrrole nitrogens is 1. The normalized spacial score (nSPS) is 13.2. The van der Waals surface area contributed by atoms with E-state index in [2.05, 4.69) is 28.4 Å². The lowest BCUT2D eigenvalue weighted by atomic mass is 9.99. The molecular formula is C25H19Cl2N3O. The van der Waals surface area contributed by atoms with E-state index in [1.165, 1.54) is 11.1 Å². The van der Waals surface area contributed by atoms with E-state index in [1.54, 1.807) is 12.1 Å². The number of nitrogens with zero attached hydrogens (tertiary/aromatic N) is 2. The van der Waals surface area contributed by atoms with Gasteiger partial charge in [0, 0.05) is 34.8 Å². The second-order valence-corrected chi connectivity index (χ2v) is 8.46. The molecule has 1 N–H and O–H groups in total. The molecule has 0 radical (unpaired) electrons. The first kappa shape index (κ1) is 19.9. The zero-order chi connectivity index (χ0) is 21.4. The van der Waals surface area contributed by atoms with Gasteiger partial charge in [-0.3, -0.25) is 9.89 Å². The molecule has 0 saturated carbocycles. The first-order chi connectivity index (χ1) is 15.1. The summed E-state index contributed by atoms with van der Waals surface area (Å²) in [7, 11) is 0. The van der Waals surface area contributed by atoms with E-state index in [9.17, 15) is 4.79 Å². The Morgan fingerprint density at radius 1 is 0.935 bits per heavy atom. The lowest BCUT2D eigenvalue weighted by Gasteiger charge is -2.29. The van der Waals surface area contributed by atoms with Crippen molar-refractivity contribution in [3.05, 3.63) is 99.5 Å². The van der Waals surface area contributed by atoms with Gasteiger partial charge in [-0.2, -0.15) is 5.10 Å². The number of halogens is 2. The summed E-state index contributed by atoms with van der Waals surface area (Å²) < 4.78 is 0. The minimum atomic E-state index is 0.0525. The van der Waals surface area contributed by atoms with Crippen molar-refractivity contribution in [1.29, 1.82) is 0 Å². The number of aromatic nitrogens is 2. The minimum absolute atomic E-state index is 0.0525. The number of rotatable bonds is 3. The zero-order valence-electron chi connectivity index (χ0n) is 16.6. The number of fused-ring (bicyclic) bond motifs is 1. The predicted octanol–water partition coefficient (Wildman–Crippen LogP) is 6.25. The average molecular weight is 448 g/mol. The third-order valence-corrected chi connectivity index (χ3v) is 6.19. The summed E-state index contributed by atoms with van der Waals surface area (Å²) in [6.45, 7) is 1.39. The quantitative estimate of drug-likeness (QED) is 0.403. The van der Waals surface area contributed by atoms with Crippen molar-refractivity contribution < 1.29 is 4.79 Å². The van der Waals surface area contributed by atoms with E-state index in [0.29, 0.717) is 22.2 Å². The van der Waals surface area contributed by atoms with Gasteiger partial charge in [-0.1, -0.05) is 59.6 Å². The molecule has 0 spiro atoms. The molecule has 3 aromatic carbocycles. The summed E-state index contributed by atoms with van der Waals surface area (Å²) in [5.41, 5.74) is 6.59. The second kappa shape index (κ2) is 8.22. The van der Waals surface area contributed by atoms with E-state index in [4.69, 9.17) is 23.2 Å². The molecular weight excluding hydrogens is 429 g/mol. The Bertz CT molecular complexity index is 1260. The molecule has 154 valence electrons. The topological polar surface area (TPSA) is 49.0 Å². The van der Waals surface area contributed by atoms with E-state index in [1.807, 2.05) is 47.4 Å². The van der Waals surface area contributed by atoms with Crippen LogP contribution in [0.3, 0.4) is 0 Å². The SMILES string of the molecule is O=C(c1ccc(-c2cc(-c3ccc(Cl)cc3Cl)[nH]n2)cc1)N1CCc2ccccc2C1. The molecule has 1 aliphatic heterocycles. The van der Waals surface area contributed by atoms with Gasteiger partial charge >= 0.3 is 0 Å². The highest BCUT2D eigenvalue weighted by atomic mass is 35.5. The minimum Gasteiger partial charge on any atom is -0.334 e. The Kier molecular flexibility index (Phi) is 5.26. The fraction of sp³-hybridized carbons (Fsp3) is 0.120. The summed E-state index contributed by atoms with van der Waals surface area (Å²) in [5.74, 6) is 0.0525.